The van der Waals surface area contributed by atoms with Crippen molar-refractivity contribution in [2.24, 2.45) is 5.73 Å². The minimum atomic E-state index is -3.69. The first-order valence-corrected chi connectivity index (χ1v) is 8.78. The first-order valence-electron chi connectivity index (χ1n) is 7.34. The van der Waals surface area contributed by atoms with Gasteiger partial charge in [0.05, 0.1) is 10.6 Å². The number of para-hydroxylation sites is 1. The normalized spacial score (nSPS) is 11.2. The number of sulfonamides is 1. The van der Waals surface area contributed by atoms with Crippen LogP contribution < -0.4 is 10.0 Å². The fraction of sp³-hybridized carbons (Fsp3) is 0.235. The van der Waals surface area contributed by atoms with Crippen LogP contribution in [0.5, 0.6) is 0 Å². The van der Waals surface area contributed by atoms with Crippen molar-refractivity contribution in [3.05, 3.63) is 60.2 Å². The van der Waals surface area contributed by atoms with Gasteiger partial charge in [-0.05, 0) is 37.6 Å². The molecule has 2 aromatic carbocycles. The number of nitrogens with two attached hydrogens (primary N) is 1. The summed E-state index contributed by atoms with van der Waals surface area (Å²) in [6.45, 7) is 2.10. The Hall–Kier alpha value is -2.34. The molecule has 0 bridgehead atoms. The SMILES string of the molecule is Cc1ccc(S(=O)(=O)N(CCCC(N)=O)c2ccccc2)cc1. The van der Waals surface area contributed by atoms with Gasteiger partial charge in [0.1, 0.15) is 0 Å². The smallest absolute Gasteiger partial charge is 0.264 e. The molecule has 23 heavy (non-hydrogen) atoms. The number of hydrogen-bond donors (Lipinski definition) is 1. The molecule has 0 radical (unpaired) electrons. The van der Waals surface area contributed by atoms with Crippen LogP contribution in [0.25, 0.3) is 0 Å². The third kappa shape index (κ3) is 4.32. The quantitative estimate of drug-likeness (QED) is 0.845. The molecule has 0 aliphatic rings. The number of carbonyl (C=O) groups excluding carboxylic acids is 1. The highest BCUT2D eigenvalue weighted by atomic mass is 32.2. The molecule has 0 aliphatic carbocycles. The topological polar surface area (TPSA) is 80.5 Å². The molecule has 2 rings (SSSR count). The molecule has 0 saturated carbocycles. The van der Waals surface area contributed by atoms with Gasteiger partial charge in [0.25, 0.3) is 10.0 Å². The summed E-state index contributed by atoms with van der Waals surface area (Å²) in [5.74, 6) is -0.439. The van der Waals surface area contributed by atoms with Crippen molar-refractivity contribution in [2.75, 3.05) is 10.8 Å². The van der Waals surface area contributed by atoms with Crippen LogP contribution >= 0.6 is 0 Å². The number of hydrogen-bond acceptors (Lipinski definition) is 3. The van der Waals surface area contributed by atoms with Crippen LogP contribution in [0.15, 0.2) is 59.5 Å². The largest absolute Gasteiger partial charge is 0.370 e. The monoisotopic (exact) mass is 332 g/mol. The van der Waals surface area contributed by atoms with Crippen LogP contribution in [-0.4, -0.2) is 20.9 Å². The minimum Gasteiger partial charge on any atom is -0.370 e. The van der Waals surface area contributed by atoms with Crippen molar-refractivity contribution in [2.45, 2.75) is 24.7 Å². The number of benzene rings is 2. The molecule has 0 saturated heterocycles. The van der Waals surface area contributed by atoms with Gasteiger partial charge in [-0.15, -0.1) is 0 Å². The number of carbonyl (C=O) groups is 1. The second-order valence-electron chi connectivity index (χ2n) is 5.30. The molecule has 0 atom stereocenters. The summed E-state index contributed by atoms with van der Waals surface area (Å²) < 4.78 is 27.2. The third-order valence-corrected chi connectivity index (χ3v) is 5.28. The van der Waals surface area contributed by atoms with Crippen molar-refractivity contribution in [1.29, 1.82) is 0 Å². The van der Waals surface area contributed by atoms with Gasteiger partial charge in [-0.1, -0.05) is 35.9 Å². The number of amides is 1. The van der Waals surface area contributed by atoms with E-state index >= 15 is 0 Å². The zero-order chi connectivity index (χ0) is 16.9. The number of aryl methyl sites for hydroxylation is 1. The third-order valence-electron chi connectivity index (χ3n) is 3.44. The average Bonchev–Trinajstić information content (AvgIpc) is 2.52. The lowest BCUT2D eigenvalue weighted by Gasteiger charge is -2.24. The Morgan fingerprint density at radius 2 is 1.65 bits per heavy atom. The summed E-state index contributed by atoms with van der Waals surface area (Å²) in [5, 5.41) is 0. The van der Waals surface area contributed by atoms with E-state index in [-0.39, 0.29) is 17.9 Å². The van der Waals surface area contributed by atoms with Crippen LogP contribution in [-0.2, 0) is 14.8 Å². The second kappa shape index (κ2) is 7.28. The summed E-state index contributed by atoms with van der Waals surface area (Å²) in [6, 6.07) is 15.6. The van der Waals surface area contributed by atoms with E-state index in [9.17, 15) is 13.2 Å². The van der Waals surface area contributed by atoms with E-state index in [1.807, 2.05) is 13.0 Å². The van der Waals surface area contributed by atoms with Gasteiger partial charge < -0.3 is 5.73 Å². The standard InChI is InChI=1S/C17H20N2O3S/c1-14-9-11-16(12-10-14)23(21,22)19(13-5-8-17(18)20)15-6-3-2-4-7-15/h2-4,6-7,9-12H,5,8,13H2,1H3,(H2,18,20). The van der Waals surface area contributed by atoms with Gasteiger partial charge in [0.15, 0.2) is 0 Å². The van der Waals surface area contributed by atoms with E-state index in [0.717, 1.165) is 5.56 Å². The Bertz CT molecular complexity index is 756. The Labute approximate surface area is 136 Å². The number of primary amides is 1. The molecule has 2 N–H and O–H groups in total. The van der Waals surface area contributed by atoms with E-state index < -0.39 is 15.9 Å². The summed E-state index contributed by atoms with van der Waals surface area (Å²) in [4.78, 5) is 11.2. The summed E-state index contributed by atoms with van der Waals surface area (Å²) in [7, 11) is -3.69. The predicted molar refractivity (Wildman–Crippen MR) is 90.6 cm³/mol. The highest BCUT2D eigenvalue weighted by molar-refractivity contribution is 7.92. The molecule has 0 spiro atoms. The lowest BCUT2D eigenvalue weighted by molar-refractivity contribution is -0.118. The van der Waals surface area contributed by atoms with E-state index in [1.54, 1.807) is 48.5 Å². The van der Waals surface area contributed by atoms with Crippen LogP contribution in [0.1, 0.15) is 18.4 Å². The Kier molecular flexibility index (Phi) is 5.39. The van der Waals surface area contributed by atoms with Gasteiger partial charge >= 0.3 is 0 Å². The van der Waals surface area contributed by atoms with Crippen LogP contribution in [0.2, 0.25) is 0 Å². The first-order chi connectivity index (χ1) is 10.9. The maximum absolute atomic E-state index is 12.9. The summed E-state index contributed by atoms with van der Waals surface area (Å²) in [5.41, 5.74) is 6.70. The maximum Gasteiger partial charge on any atom is 0.264 e. The van der Waals surface area contributed by atoms with Crippen molar-refractivity contribution >= 4 is 21.6 Å². The highest BCUT2D eigenvalue weighted by Gasteiger charge is 2.24. The van der Waals surface area contributed by atoms with Gasteiger partial charge in [-0.3, -0.25) is 9.10 Å². The van der Waals surface area contributed by atoms with E-state index in [2.05, 4.69) is 0 Å². The van der Waals surface area contributed by atoms with Crippen LogP contribution in [0.3, 0.4) is 0 Å². The lowest BCUT2D eigenvalue weighted by Crippen LogP contribution is -2.32. The fourth-order valence-electron chi connectivity index (χ4n) is 2.22. The molecule has 1 amide bonds. The second-order valence-corrected chi connectivity index (χ2v) is 7.16. The molecule has 122 valence electrons. The van der Waals surface area contributed by atoms with E-state index in [4.69, 9.17) is 5.73 Å². The van der Waals surface area contributed by atoms with Crippen LogP contribution in [0.4, 0.5) is 5.69 Å². The van der Waals surface area contributed by atoms with Crippen LogP contribution in [0, 0.1) is 6.92 Å². The van der Waals surface area contributed by atoms with Gasteiger partial charge in [-0.25, -0.2) is 8.42 Å². The Balaban J connectivity index is 2.35. The summed E-state index contributed by atoms with van der Waals surface area (Å²) in [6.07, 6.45) is 0.516. The van der Waals surface area contributed by atoms with E-state index in [0.29, 0.717) is 12.1 Å². The molecular weight excluding hydrogens is 312 g/mol. The molecule has 0 aromatic heterocycles. The minimum absolute atomic E-state index is 0.146. The van der Waals surface area contributed by atoms with Crippen molar-refractivity contribution in [1.82, 2.24) is 0 Å². The Morgan fingerprint density at radius 3 is 2.22 bits per heavy atom. The maximum atomic E-state index is 12.9. The van der Waals surface area contributed by atoms with Gasteiger partial charge in [0, 0.05) is 13.0 Å². The first kappa shape index (κ1) is 17.0. The van der Waals surface area contributed by atoms with Crippen molar-refractivity contribution in [3.63, 3.8) is 0 Å². The molecule has 5 nitrogen and oxygen atoms in total. The number of anilines is 1. The molecule has 0 fully saturated rings. The molecule has 0 unspecified atom stereocenters. The molecule has 0 aliphatic heterocycles. The zero-order valence-corrected chi connectivity index (χ0v) is 13.8. The highest BCUT2D eigenvalue weighted by Crippen LogP contribution is 2.24. The Morgan fingerprint density at radius 1 is 1.04 bits per heavy atom. The molecule has 2 aromatic rings. The van der Waals surface area contributed by atoms with Gasteiger partial charge in [-0.2, -0.15) is 0 Å². The van der Waals surface area contributed by atoms with Crippen molar-refractivity contribution in [3.8, 4) is 0 Å². The number of rotatable bonds is 7. The fourth-order valence-corrected chi connectivity index (χ4v) is 3.72. The molecule has 0 heterocycles. The lowest BCUT2D eigenvalue weighted by atomic mass is 10.2. The van der Waals surface area contributed by atoms with E-state index in [1.165, 1.54) is 4.31 Å². The average molecular weight is 332 g/mol. The van der Waals surface area contributed by atoms with Crippen molar-refractivity contribution < 1.29 is 13.2 Å². The van der Waals surface area contributed by atoms with Gasteiger partial charge in [0.2, 0.25) is 5.91 Å². The molecular formula is C17H20N2O3S. The molecule has 6 heteroatoms. The zero-order valence-electron chi connectivity index (χ0n) is 13.0. The predicted octanol–water partition coefficient (Wildman–Crippen LogP) is 2.46. The number of nitrogens with zero attached hydrogens (tertiary/aromatic N) is 1. The summed E-state index contributed by atoms with van der Waals surface area (Å²) >= 11 is 0.